The van der Waals surface area contributed by atoms with E-state index >= 15 is 0 Å². The average Bonchev–Trinajstić information content (AvgIpc) is 2.87. The first-order valence-corrected chi connectivity index (χ1v) is 6.41. The first-order chi connectivity index (χ1) is 6.95. The summed E-state index contributed by atoms with van der Waals surface area (Å²) in [5.74, 6) is 4.65. The Labute approximate surface area is 89.4 Å². The molecular formula is C11H17NOS. The molecule has 2 rings (SSSR count). The largest absolute Gasteiger partial charge is 0.468 e. The summed E-state index contributed by atoms with van der Waals surface area (Å²) in [6.45, 7) is 1.94. The maximum atomic E-state index is 5.22. The topological polar surface area (TPSA) is 25.2 Å². The molecule has 0 amide bonds. The van der Waals surface area contributed by atoms with Crippen molar-refractivity contribution in [3.05, 3.63) is 24.2 Å². The fourth-order valence-electron chi connectivity index (χ4n) is 1.30. The number of hydrogen-bond acceptors (Lipinski definition) is 3. The van der Waals surface area contributed by atoms with Gasteiger partial charge in [0.25, 0.3) is 0 Å². The normalized spacial score (nSPS) is 16.0. The van der Waals surface area contributed by atoms with Crippen molar-refractivity contribution in [2.45, 2.75) is 19.4 Å². The molecule has 0 bridgehead atoms. The lowest BCUT2D eigenvalue weighted by Gasteiger charge is -2.02. The number of thioether (sulfide) groups is 1. The summed E-state index contributed by atoms with van der Waals surface area (Å²) < 4.78 is 5.22. The zero-order valence-corrected chi connectivity index (χ0v) is 9.19. The highest BCUT2D eigenvalue weighted by Crippen LogP contribution is 2.32. The van der Waals surface area contributed by atoms with Crippen molar-refractivity contribution in [3.8, 4) is 0 Å². The Kier molecular flexibility index (Phi) is 3.95. The van der Waals surface area contributed by atoms with E-state index in [0.29, 0.717) is 0 Å². The molecule has 2 nitrogen and oxygen atoms in total. The van der Waals surface area contributed by atoms with Gasteiger partial charge in [0.15, 0.2) is 0 Å². The zero-order valence-electron chi connectivity index (χ0n) is 8.37. The van der Waals surface area contributed by atoms with Crippen molar-refractivity contribution in [2.24, 2.45) is 5.92 Å². The van der Waals surface area contributed by atoms with Gasteiger partial charge in [-0.3, -0.25) is 0 Å². The van der Waals surface area contributed by atoms with Gasteiger partial charge in [-0.25, -0.2) is 0 Å². The minimum Gasteiger partial charge on any atom is -0.468 e. The second-order valence-corrected chi connectivity index (χ2v) is 4.92. The molecule has 0 unspecified atom stereocenters. The van der Waals surface area contributed by atoms with Gasteiger partial charge in [-0.1, -0.05) is 0 Å². The summed E-state index contributed by atoms with van der Waals surface area (Å²) in [5.41, 5.74) is 0. The summed E-state index contributed by atoms with van der Waals surface area (Å²) in [6, 6.07) is 3.93. The van der Waals surface area contributed by atoms with Gasteiger partial charge in [-0.2, -0.15) is 11.8 Å². The van der Waals surface area contributed by atoms with E-state index < -0.39 is 0 Å². The third kappa shape index (κ3) is 3.76. The van der Waals surface area contributed by atoms with E-state index in [1.165, 1.54) is 24.3 Å². The zero-order chi connectivity index (χ0) is 9.64. The van der Waals surface area contributed by atoms with Gasteiger partial charge in [0.1, 0.15) is 5.76 Å². The van der Waals surface area contributed by atoms with Crippen LogP contribution in [0.25, 0.3) is 0 Å². The van der Waals surface area contributed by atoms with Crippen molar-refractivity contribution < 1.29 is 4.42 Å². The lowest BCUT2D eigenvalue weighted by Crippen LogP contribution is -2.16. The summed E-state index contributed by atoms with van der Waals surface area (Å²) >= 11 is 2.07. The molecule has 1 aliphatic carbocycles. The third-order valence-corrected chi connectivity index (χ3v) is 3.55. The second-order valence-electron chi connectivity index (χ2n) is 3.77. The molecule has 14 heavy (non-hydrogen) atoms. The van der Waals surface area contributed by atoms with E-state index in [0.717, 1.165) is 24.8 Å². The lowest BCUT2D eigenvalue weighted by atomic mass is 10.4. The number of nitrogens with one attached hydrogen (secondary N) is 1. The molecule has 1 saturated carbocycles. The Morgan fingerprint density at radius 2 is 2.43 bits per heavy atom. The molecule has 1 aromatic heterocycles. The fourth-order valence-corrected chi connectivity index (χ4v) is 2.43. The van der Waals surface area contributed by atoms with Crippen LogP contribution in [0.5, 0.6) is 0 Å². The van der Waals surface area contributed by atoms with Crippen molar-refractivity contribution in [1.29, 1.82) is 0 Å². The molecule has 0 atom stereocenters. The van der Waals surface area contributed by atoms with Gasteiger partial charge < -0.3 is 9.73 Å². The van der Waals surface area contributed by atoms with Gasteiger partial charge >= 0.3 is 0 Å². The molecule has 3 heteroatoms. The highest BCUT2D eigenvalue weighted by atomic mass is 32.2. The van der Waals surface area contributed by atoms with Crippen LogP contribution in [0, 0.1) is 5.92 Å². The highest BCUT2D eigenvalue weighted by Gasteiger charge is 2.20. The van der Waals surface area contributed by atoms with Gasteiger partial charge in [0, 0.05) is 12.3 Å². The summed E-state index contributed by atoms with van der Waals surface area (Å²) in [7, 11) is 0. The van der Waals surface area contributed by atoms with E-state index in [4.69, 9.17) is 4.42 Å². The Bertz CT molecular complexity index is 244. The Morgan fingerprint density at radius 1 is 1.50 bits per heavy atom. The van der Waals surface area contributed by atoms with Crippen molar-refractivity contribution in [2.75, 3.05) is 18.1 Å². The van der Waals surface area contributed by atoms with Crippen molar-refractivity contribution >= 4 is 11.8 Å². The van der Waals surface area contributed by atoms with Crippen LogP contribution in [0.15, 0.2) is 22.8 Å². The molecular weight excluding hydrogens is 194 g/mol. The average molecular weight is 211 g/mol. The summed E-state index contributed by atoms with van der Waals surface area (Å²) in [4.78, 5) is 0. The lowest BCUT2D eigenvalue weighted by molar-refractivity contribution is 0.488. The molecule has 0 saturated heterocycles. The van der Waals surface area contributed by atoms with Gasteiger partial charge in [-0.05, 0) is 36.6 Å². The second kappa shape index (κ2) is 5.47. The smallest absolute Gasteiger partial charge is 0.117 e. The molecule has 0 spiro atoms. The van der Waals surface area contributed by atoms with Crippen LogP contribution in [-0.2, 0) is 6.54 Å². The third-order valence-electron chi connectivity index (χ3n) is 2.35. The standard InChI is InChI=1S/C11H17NOS/c1-2-11(13-6-1)8-12-5-7-14-9-10-3-4-10/h1-2,6,10,12H,3-5,7-9H2. The molecule has 0 aliphatic heterocycles. The monoisotopic (exact) mass is 211 g/mol. The number of rotatable bonds is 7. The SMILES string of the molecule is c1coc(CNCCSCC2CC2)c1. The predicted molar refractivity (Wildman–Crippen MR) is 60.5 cm³/mol. The molecule has 1 aliphatic rings. The highest BCUT2D eigenvalue weighted by molar-refractivity contribution is 7.99. The minimum atomic E-state index is 0.858. The van der Waals surface area contributed by atoms with E-state index in [-0.39, 0.29) is 0 Å². The summed E-state index contributed by atoms with van der Waals surface area (Å²) in [5, 5.41) is 3.37. The molecule has 0 radical (unpaired) electrons. The molecule has 0 aromatic carbocycles. The quantitative estimate of drug-likeness (QED) is 0.702. The Morgan fingerprint density at radius 3 is 3.14 bits per heavy atom. The van der Waals surface area contributed by atoms with E-state index in [1.807, 2.05) is 12.1 Å². The Hall–Kier alpha value is -0.410. The van der Waals surface area contributed by atoms with E-state index in [1.54, 1.807) is 6.26 Å². The van der Waals surface area contributed by atoms with Gasteiger partial charge in [0.2, 0.25) is 0 Å². The minimum absolute atomic E-state index is 0.858. The van der Waals surface area contributed by atoms with Crippen molar-refractivity contribution in [1.82, 2.24) is 5.32 Å². The maximum absolute atomic E-state index is 5.22. The first kappa shape index (κ1) is 10.1. The van der Waals surface area contributed by atoms with Gasteiger partial charge in [-0.15, -0.1) is 0 Å². The number of furan rings is 1. The van der Waals surface area contributed by atoms with Crippen LogP contribution < -0.4 is 5.32 Å². The van der Waals surface area contributed by atoms with E-state index in [2.05, 4.69) is 17.1 Å². The first-order valence-electron chi connectivity index (χ1n) is 5.26. The molecule has 1 heterocycles. The molecule has 1 fully saturated rings. The van der Waals surface area contributed by atoms with Crippen LogP contribution >= 0.6 is 11.8 Å². The van der Waals surface area contributed by atoms with Crippen LogP contribution in [0.3, 0.4) is 0 Å². The van der Waals surface area contributed by atoms with Crippen LogP contribution in [-0.4, -0.2) is 18.1 Å². The fraction of sp³-hybridized carbons (Fsp3) is 0.636. The van der Waals surface area contributed by atoms with Crippen LogP contribution in [0.4, 0.5) is 0 Å². The molecule has 1 N–H and O–H groups in total. The number of hydrogen-bond donors (Lipinski definition) is 1. The predicted octanol–water partition coefficient (Wildman–Crippen LogP) is 2.51. The Balaban J connectivity index is 1.43. The van der Waals surface area contributed by atoms with E-state index in [9.17, 15) is 0 Å². The van der Waals surface area contributed by atoms with Crippen molar-refractivity contribution in [3.63, 3.8) is 0 Å². The maximum Gasteiger partial charge on any atom is 0.117 e. The molecule has 1 aromatic rings. The van der Waals surface area contributed by atoms with Gasteiger partial charge in [0.05, 0.1) is 12.8 Å². The summed E-state index contributed by atoms with van der Waals surface area (Å²) in [6.07, 6.45) is 4.65. The van der Waals surface area contributed by atoms with Crippen LogP contribution in [0.2, 0.25) is 0 Å². The van der Waals surface area contributed by atoms with Crippen LogP contribution in [0.1, 0.15) is 18.6 Å². The molecule has 78 valence electrons.